The molecule has 0 radical (unpaired) electrons. The Morgan fingerprint density at radius 3 is 2.94 bits per heavy atom. The zero-order valence-electron chi connectivity index (χ0n) is 10.8. The van der Waals surface area contributed by atoms with Crippen molar-refractivity contribution >= 4 is 22.4 Å². The summed E-state index contributed by atoms with van der Waals surface area (Å²) < 4.78 is 5.35. The van der Waals surface area contributed by atoms with Gasteiger partial charge < -0.3 is 15.4 Å². The molecule has 100 valence electrons. The van der Waals surface area contributed by atoms with Crippen molar-refractivity contribution in [3.8, 4) is 0 Å². The number of thiazole rings is 1. The molecule has 2 rings (SSSR count). The third kappa shape index (κ3) is 2.81. The molecular formula is C12H19N3O2S. The minimum absolute atomic E-state index is 0.0381. The highest BCUT2D eigenvalue weighted by Crippen LogP contribution is 2.23. The van der Waals surface area contributed by atoms with Gasteiger partial charge in [-0.1, -0.05) is 11.3 Å². The van der Waals surface area contributed by atoms with E-state index in [1.54, 1.807) is 0 Å². The molecule has 0 spiro atoms. The Hall–Kier alpha value is -1.14. The van der Waals surface area contributed by atoms with Crippen molar-refractivity contribution in [2.45, 2.75) is 20.3 Å². The van der Waals surface area contributed by atoms with E-state index in [2.05, 4.69) is 4.98 Å². The molecule has 18 heavy (non-hydrogen) atoms. The third-order valence-corrected chi connectivity index (χ3v) is 4.15. The minimum atomic E-state index is 0.0381. The van der Waals surface area contributed by atoms with Crippen molar-refractivity contribution in [3.05, 3.63) is 10.6 Å². The molecule has 6 heteroatoms. The first kappa shape index (κ1) is 13.3. The molecular weight excluding hydrogens is 250 g/mol. The fourth-order valence-electron chi connectivity index (χ4n) is 2.15. The Balaban J connectivity index is 2.07. The first-order valence-electron chi connectivity index (χ1n) is 6.21. The lowest BCUT2D eigenvalue weighted by molar-refractivity contribution is 0.0734. The first-order chi connectivity index (χ1) is 8.61. The second-order valence-corrected chi connectivity index (χ2v) is 5.57. The van der Waals surface area contributed by atoms with Crippen LogP contribution in [0.4, 0.5) is 5.13 Å². The summed E-state index contributed by atoms with van der Waals surface area (Å²) in [6, 6.07) is 0. The van der Waals surface area contributed by atoms with E-state index in [9.17, 15) is 4.79 Å². The van der Waals surface area contributed by atoms with Crippen LogP contribution in [0.5, 0.6) is 0 Å². The molecule has 0 aromatic carbocycles. The van der Waals surface area contributed by atoms with Gasteiger partial charge in [0.15, 0.2) is 5.13 Å². The average Bonchev–Trinajstić information content (AvgIpc) is 2.95. The molecule has 5 nitrogen and oxygen atoms in total. The number of carbonyl (C=O) groups excluding carboxylic acids is 1. The van der Waals surface area contributed by atoms with E-state index >= 15 is 0 Å². The van der Waals surface area contributed by atoms with Gasteiger partial charge in [0.1, 0.15) is 4.88 Å². The lowest BCUT2D eigenvalue weighted by Crippen LogP contribution is -2.35. The Kier molecular flexibility index (Phi) is 4.19. The average molecular weight is 269 g/mol. The number of nitrogens with two attached hydrogens (primary N) is 1. The summed E-state index contributed by atoms with van der Waals surface area (Å²) in [5.41, 5.74) is 6.36. The number of rotatable bonds is 4. The van der Waals surface area contributed by atoms with Gasteiger partial charge in [-0.3, -0.25) is 4.79 Å². The number of aryl methyl sites for hydroxylation is 1. The topological polar surface area (TPSA) is 68.5 Å². The molecule has 1 aromatic heterocycles. The molecule has 1 atom stereocenters. The summed E-state index contributed by atoms with van der Waals surface area (Å²) >= 11 is 1.27. The minimum Gasteiger partial charge on any atom is -0.381 e. The van der Waals surface area contributed by atoms with Gasteiger partial charge in [0.2, 0.25) is 0 Å². The summed E-state index contributed by atoms with van der Waals surface area (Å²) in [5.74, 6) is 0.496. The summed E-state index contributed by atoms with van der Waals surface area (Å²) in [6.45, 7) is 6.84. The first-order valence-corrected chi connectivity index (χ1v) is 7.03. The van der Waals surface area contributed by atoms with Gasteiger partial charge >= 0.3 is 0 Å². The molecule has 1 aliphatic heterocycles. The molecule has 1 aliphatic rings. The zero-order chi connectivity index (χ0) is 13.1. The Bertz CT molecular complexity index is 427. The lowest BCUT2D eigenvalue weighted by Gasteiger charge is -2.23. The molecule has 1 fully saturated rings. The van der Waals surface area contributed by atoms with Crippen LogP contribution in [0.25, 0.3) is 0 Å². The maximum atomic E-state index is 12.4. The number of hydrogen-bond donors (Lipinski definition) is 1. The second kappa shape index (κ2) is 5.67. The molecule has 2 heterocycles. The van der Waals surface area contributed by atoms with E-state index in [0.717, 1.165) is 31.9 Å². The van der Waals surface area contributed by atoms with E-state index in [-0.39, 0.29) is 5.91 Å². The number of hydrogen-bond acceptors (Lipinski definition) is 5. The molecule has 1 saturated heterocycles. The fourth-order valence-corrected chi connectivity index (χ4v) is 2.96. The van der Waals surface area contributed by atoms with E-state index < -0.39 is 0 Å². The van der Waals surface area contributed by atoms with Crippen LogP contribution in [0.3, 0.4) is 0 Å². The van der Waals surface area contributed by atoms with Gasteiger partial charge in [-0.25, -0.2) is 4.98 Å². The van der Waals surface area contributed by atoms with Gasteiger partial charge in [-0.15, -0.1) is 0 Å². The fraction of sp³-hybridized carbons (Fsp3) is 0.667. The van der Waals surface area contributed by atoms with Crippen LogP contribution in [-0.2, 0) is 4.74 Å². The molecule has 0 bridgehead atoms. The monoisotopic (exact) mass is 269 g/mol. The standard InChI is InChI=1S/C12H19N3O2S/c1-3-15(6-9-4-5-17-7-9)11(16)10-8(2)14-12(13)18-10/h9H,3-7H2,1-2H3,(H2,13,14). The van der Waals surface area contributed by atoms with Gasteiger partial charge in [-0.05, 0) is 20.3 Å². The maximum Gasteiger partial charge on any atom is 0.265 e. The van der Waals surface area contributed by atoms with E-state index in [1.807, 2.05) is 18.7 Å². The number of nitrogens with zero attached hydrogens (tertiary/aromatic N) is 2. The predicted molar refractivity (Wildman–Crippen MR) is 71.8 cm³/mol. The molecule has 1 unspecified atom stereocenters. The Morgan fingerprint density at radius 2 is 2.44 bits per heavy atom. The van der Waals surface area contributed by atoms with Crippen molar-refractivity contribution in [1.82, 2.24) is 9.88 Å². The van der Waals surface area contributed by atoms with Gasteiger partial charge in [-0.2, -0.15) is 0 Å². The van der Waals surface area contributed by atoms with Crippen LogP contribution in [0, 0.1) is 12.8 Å². The van der Waals surface area contributed by atoms with Gasteiger partial charge in [0.25, 0.3) is 5.91 Å². The third-order valence-electron chi connectivity index (χ3n) is 3.18. The SMILES string of the molecule is CCN(CC1CCOC1)C(=O)c1sc(N)nc1C. The van der Waals surface area contributed by atoms with E-state index in [1.165, 1.54) is 11.3 Å². The van der Waals surface area contributed by atoms with Crippen LogP contribution in [0.1, 0.15) is 28.7 Å². The smallest absolute Gasteiger partial charge is 0.265 e. The zero-order valence-corrected chi connectivity index (χ0v) is 11.6. The predicted octanol–water partition coefficient (Wildman–Crippen LogP) is 1.53. The van der Waals surface area contributed by atoms with E-state index in [4.69, 9.17) is 10.5 Å². The molecule has 1 aromatic rings. The van der Waals surface area contributed by atoms with Gasteiger partial charge in [0, 0.05) is 25.6 Å². The highest BCUT2D eigenvalue weighted by Gasteiger charge is 2.24. The number of anilines is 1. The quantitative estimate of drug-likeness (QED) is 0.900. The Morgan fingerprint density at radius 1 is 1.67 bits per heavy atom. The van der Waals surface area contributed by atoms with Crippen molar-refractivity contribution in [2.75, 3.05) is 32.0 Å². The summed E-state index contributed by atoms with van der Waals surface area (Å²) in [4.78, 5) is 19.0. The number of nitrogen functional groups attached to an aromatic ring is 1. The maximum absolute atomic E-state index is 12.4. The molecule has 0 saturated carbocycles. The van der Waals surface area contributed by atoms with Crippen molar-refractivity contribution in [2.24, 2.45) is 5.92 Å². The molecule has 2 N–H and O–H groups in total. The molecule has 0 aliphatic carbocycles. The number of carbonyl (C=O) groups is 1. The van der Waals surface area contributed by atoms with Crippen LogP contribution in [0.15, 0.2) is 0 Å². The van der Waals surface area contributed by atoms with Crippen molar-refractivity contribution < 1.29 is 9.53 Å². The van der Waals surface area contributed by atoms with Crippen LogP contribution in [-0.4, -0.2) is 42.1 Å². The summed E-state index contributed by atoms with van der Waals surface area (Å²) in [5, 5.41) is 0.455. The number of amides is 1. The van der Waals surface area contributed by atoms with Crippen LogP contribution in [0.2, 0.25) is 0 Å². The normalized spacial score (nSPS) is 19.1. The Labute approximate surface area is 111 Å². The number of aromatic nitrogens is 1. The lowest BCUT2D eigenvalue weighted by atomic mass is 10.1. The summed E-state index contributed by atoms with van der Waals surface area (Å²) in [6.07, 6.45) is 1.04. The van der Waals surface area contributed by atoms with Crippen LogP contribution < -0.4 is 5.73 Å². The van der Waals surface area contributed by atoms with Crippen molar-refractivity contribution in [3.63, 3.8) is 0 Å². The van der Waals surface area contributed by atoms with Crippen molar-refractivity contribution in [1.29, 1.82) is 0 Å². The summed E-state index contributed by atoms with van der Waals surface area (Å²) in [7, 11) is 0. The second-order valence-electron chi connectivity index (χ2n) is 4.54. The highest BCUT2D eigenvalue weighted by atomic mass is 32.1. The number of ether oxygens (including phenoxy) is 1. The highest BCUT2D eigenvalue weighted by molar-refractivity contribution is 7.17. The van der Waals surface area contributed by atoms with E-state index in [0.29, 0.717) is 22.5 Å². The molecule has 1 amide bonds. The van der Waals surface area contributed by atoms with Gasteiger partial charge in [0.05, 0.1) is 12.3 Å². The van der Waals surface area contributed by atoms with Crippen LogP contribution >= 0.6 is 11.3 Å². The largest absolute Gasteiger partial charge is 0.381 e.